The molecule has 0 aliphatic carbocycles. The summed E-state index contributed by atoms with van der Waals surface area (Å²) in [5, 5.41) is 8.45. The van der Waals surface area contributed by atoms with Crippen LogP contribution in [0.25, 0.3) is 27.5 Å². The molecule has 3 aromatic heterocycles. The number of hydrogen-bond donors (Lipinski definition) is 1. The van der Waals surface area contributed by atoms with E-state index < -0.39 is 6.04 Å². The van der Waals surface area contributed by atoms with Gasteiger partial charge in [0, 0.05) is 23.2 Å². The Bertz CT molecular complexity index is 1520. The van der Waals surface area contributed by atoms with Crippen LogP contribution in [0.4, 0.5) is 4.39 Å². The van der Waals surface area contributed by atoms with Gasteiger partial charge in [-0.3, -0.25) is 14.7 Å². The quantitative estimate of drug-likeness (QED) is 0.503. The lowest BCUT2D eigenvalue weighted by atomic mass is 10.1. The first-order chi connectivity index (χ1) is 14.5. The number of nitrogens with zero attached hydrogens (tertiary/aromatic N) is 4. The van der Waals surface area contributed by atoms with Gasteiger partial charge in [-0.15, -0.1) is 0 Å². The van der Waals surface area contributed by atoms with Gasteiger partial charge in [-0.2, -0.15) is 5.10 Å². The second-order valence-corrected chi connectivity index (χ2v) is 7.03. The number of H-pyrrole nitrogens is 1. The van der Waals surface area contributed by atoms with Gasteiger partial charge in [-0.1, -0.05) is 30.3 Å². The number of aromatic nitrogens is 5. The molecule has 148 valence electrons. The number of rotatable bonds is 3. The lowest BCUT2D eigenvalue weighted by Crippen LogP contribution is -2.28. The van der Waals surface area contributed by atoms with Crippen LogP contribution in [0.1, 0.15) is 18.7 Å². The molecule has 7 nitrogen and oxygen atoms in total. The third kappa shape index (κ3) is 2.81. The van der Waals surface area contributed by atoms with Crippen molar-refractivity contribution >= 4 is 16.4 Å². The van der Waals surface area contributed by atoms with Gasteiger partial charge in [0.1, 0.15) is 5.82 Å². The van der Waals surface area contributed by atoms with Crippen molar-refractivity contribution in [1.29, 1.82) is 0 Å². The fraction of sp³-hybridized carbons (Fsp3) is 0.0909. The Morgan fingerprint density at radius 3 is 2.63 bits per heavy atom. The highest BCUT2D eigenvalue weighted by Gasteiger charge is 2.18. The summed E-state index contributed by atoms with van der Waals surface area (Å²) < 4.78 is 15.9. The number of benzene rings is 2. The lowest BCUT2D eigenvalue weighted by molar-refractivity contribution is 0.524. The average Bonchev–Trinajstić information content (AvgIpc) is 3.19. The van der Waals surface area contributed by atoms with Crippen molar-refractivity contribution in [1.82, 2.24) is 24.4 Å². The van der Waals surface area contributed by atoms with Gasteiger partial charge in [-0.05, 0) is 30.7 Å². The molecule has 3 heterocycles. The van der Waals surface area contributed by atoms with Gasteiger partial charge < -0.3 is 0 Å². The molecule has 1 N–H and O–H groups in total. The summed E-state index contributed by atoms with van der Waals surface area (Å²) in [4.78, 5) is 30.2. The Kier molecular flexibility index (Phi) is 4.06. The molecule has 0 saturated heterocycles. The van der Waals surface area contributed by atoms with Crippen LogP contribution in [0, 0.1) is 5.82 Å². The van der Waals surface area contributed by atoms with Crippen molar-refractivity contribution < 1.29 is 4.39 Å². The minimum Gasteiger partial charge on any atom is -0.296 e. The highest BCUT2D eigenvalue weighted by Crippen LogP contribution is 2.24. The van der Waals surface area contributed by atoms with E-state index in [0.29, 0.717) is 27.9 Å². The molecule has 0 bridgehead atoms. The molecule has 0 saturated carbocycles. The number of halogens is 1. The largest absolute Gasteiger partial charge is 0.296 e. The standard InChI is InChI=1S/C22H16FN5O2/c1-13(27-22(30)17-5-3-2-4-15(17)11-24-27)19-10-20(29)28-21(26-19)18(12-25-28)14-6-8-16(23)9-7-14/h2-13,25H,1H3/t13-/m0/s1. The van der Waals surface area contributed by atoms with Crippen molar-refractivity contribution in [3.63, 3.8) is 0 Å². The molecule has 0 spiro atoms. The van der Waals surface area contributed by atoms with Crippen LogP contribution in [0.5, 0.6) is 0 Å². The second-order valence-electron chi connectivity index (χ2n) is 7.03. The van der Waals surface area contributed by atoms with E-state index in [4.69, 9.17) is 0 Å². The zero-order valence-electron chi connectivity index (χ0n) is 15.9. The second kappa shape index (κ2) is 6.77. The summed E-state index contributed by atoms with van der Waals surface area (Å²) in [6, 6.07) is 14.0. The summed E-state index contributed by atoms with van der Waals surface area (Å²) in [5.41, 5.74) is 1.60. The number of nitrogens with one attached hydrogen (secondary N) is 1. The summed E-state index contributed by atoms with van der Waals surface area (Å²) in [5.74, 6) is -0.347. The summed E-state index contributed by atoms with van der Waals surface area (Å²) in [6.45, 7) is 1.77. The molecule has 8 heteroatoms. The third-order valence-corrected chi connectivity index (χ3v) is 5.19. The van der Waals surface area contributed by atoms with Crippen molar-refractivity contribution in [2.24, 2.45) is 0 Å². The van der Waals surface area contributed by atoms with Crippen molar-refractivity contribution in [2.45, 2.75) is 13.0 Å². The number of fused-ring (bicyclic) bond motifs is 2. The molecule has 0 aliphatic heterocycles. The maximum absolute atomic E-state index is 13.3. The van der Waals surface area contributed by atoms with E-state index in [1.807, 2.05) is 12.1 Å². The first kappa shape index (κ1) is 18.0. The van der Waals surface area contributed by atoms with E-state index in [2.05, 4.69) is 15.2 Å². The first-order valence-electron chi connectivity index (χ1n) is 9.36. The molecule has 0 amide bonds. The molecule has 30 heavy (non-hydrogen) atoms. The average molecular weight is 401 g/mol. The molecule has 0 fully saturated rings. The zero-order chi connectivity index (χ0) is 20.8. The van der Waals surface area contributed by atoms with E-state index in [-0.39, 0.29) is 16.9 Å². The van der Waals surface area contributed by atoms with Gasteiger partial charge in [0.05, 0.1) is 23.3 Å². The highest BCUT2D eigenvalue weighted by molar-refractivity contribution is 5.80. The molecular formula is C22H16FN5O2. The van der Waals surface area contributed by atoms with Crippen molar-refractivity contribution in [3.05, 3.63) is 99.2 Å². The molecule has 2 aromatic carbocycles. The lowest BCUT2D eigenvalue weighted by Gasteiger charge is -2.14. The molecule has 0 unspecified atom stereocenters. The molecule has 5 aromatic rings. The Morgan fingerprint density at radius 2 is 1.83 bits per heavy atom. The van der Waals surface area contributed by atoms with Gasteiger partial charge >= 0.3 is 0 Å². The van der Waals surface area contributed by atoms with Crippen LogP contribution in [-0.4, -0.2) is 24.4 Å². The van der Waals surface area contributed by atoms with Crippen LogP contribution >= 0.6 is 0 Å². The fourth-order valence-corrected chi connectivity index (χ4v) is 3.56. The summed E-state index contributed by atoms with van der Waals surface area (Å²) in [6.07, 6.45) is 3.27. The van der Waals surface area contributed by atoms with Gasteiger partial charge in [0.2, 0.25) is 0 Å². The van der Waals surface area contributed by atoms with Crippen LogP contribution in [0.15, 0.2) is 76.6 Å². The van der Waals surface area contributed by atoms with E-state index in [1.165, 1.54) is 27.4 Å². The van der Waals surface area contributed by atoms with Crippen molar-refractivity contribution in [2.75, 3.05) is 0 Å². The highest BCUT2D eigenvalue weighted by atomic mass is 19.1. The topological polar surface area (TPSA) is 85.0 Å². The maximum atomic E-state index is 13.3. The molecule has 1 atom stereocenters. The van der Waals surface area contributed by atoms with Crippen LogP contribution in [0.3, 0.4) is 0 Å². The molecular weight excluding hydrogens is 385 g/mol. The minimum atomic E-state index is -0.559. The predicted molar refractivity (Wildman–Crippen MR) is 111 cm³/mol. The van der Waals surface area contributed by atoms with Crippen molar-refractivity contribution in [3.8, 4) is 11.1 Å². The molecule has 0 radical (unpaired) electrons. The Labute approximate surface area is 169 Å². The summed E-state index contributed by atoms with van der Waals surface area (Å²) in [7, 11) is 0. The van der Waals surface area contributed by atoms with Crippen LogP contribution in [-0.2, 0) is 0 Å². The fourth-order valence-electron chi connectivity index (χ4n) is 3.56. The van der Waals surface area contributed by atoms with E-state index in [1.54, 1.807) is 43.6 Å². The summed E-state index contributed by atoms with van der Waals surface area (Å²) >= 11 is 0. The van der Waals surface area contributed by atoms with E-state index in [9.17, 15) is 14.0 Å². The first-order valence-corrected chi connectivity index (χ1v) is 9.36. The monoisotopic (exact) mass is 401 g/mol. The van der Waals surface area contributed by atoms with Crippen LogP contribution in [0.2, 0.25) is 0 Å². The van der Waals surface area contributed by atoms with Gasteiger partial charge in [-0.25, -0.2) is 18.6 Å². The minimum absolute atomic E-state index is 0.254. The van der Waals surface area contributed by atoms with Gasteiger partial charge in [0.25, 0.3) is 11.1 Å². The third-order valence-electron chi connectivity index (χ3n) is 5.19. The Morgan fingerprint density at radius 1 is 1.07 bits per heavy atom. The number of hydrogen-bond acceptors (Lipinski definition) is 4. The van der Waals surface area contributed by atoms with Gasteiger partial charge in [0.15, 0.2) is 5.65 Å². The zero-order valence-corrected chi connectivity index (χ0v) is 15.9. The SMILES string of the molecule is C[C@@H](c1cc(=O)n2[nH]cc(-c3ccc(F)cc3)c2n1)n1ncc2ccccc2c1=O. The smallest absolute Gasteiger partial charge is 0.275 e. The Balaban J connectivity index is 1.67. The maximum Gasteiger partial charge on any atom is 0.275 e. The van der Waals surface area contributed by atoms with E-state index in [0.717, 1.165) is 5.39 Å². The predicted octanol–water partition coefficient (Wildman–Crippen LogP) is 3.15. The van der Waals surface area contributed by atoms with E-state index >= 15 is 0 Å². The molecule has 0 aliphatic rings. The van der Waals surface area contributed by atoms with Crippen LogP contribution < -0.4 is 11.1 Å². The number of aromatic amines is 1. The Hall–Kier alpha value is -4.07. The normalized spacial score (nSPS) is 12.5. The molecule has 5 rings (SSSR count).